The number of halogens is 2. The highest BCUT2D eigenvalue weighted by Crippen LogP contribution is 2.54. The van der Waals surface area contributed by atoms with Gasteiger partial charge in [0.1, 0.15) is 0 Å². The van der Waals surface area contributed by atoms with Gasteiger partial charge in [-0.15, -0.1) is 0 Å². The number of piperidine rings is 1. The second-order valence-electron chi connectivity index (χ2n) is 11.0. The van der Waals surface area contributed by atoms with Gasteiger partial charge in [0.15, 0.2) is 9.84 Å². The Kier molecular flexibility index (Phi) is 7.99. The van der Waals surface area contributed by atoms with Gasteiger partial charge in [0.2, 0.25) is 5.91 Å². The fourth-order valence-corrected chi connectivity index (χ4v) is 7.22. The first-order valence-electron chi connectivity index (χ1n) is 12.6. The molecule has 2 aromatic rings. The highest BCUT2D eigenvalue weighted by molar-refractivity contribution is 7.92. The largest absolute Gasteiger partial charge is 0.481 e. The maximum atomic E-state index is 14.3. The molecule has 0 aromatic heterocycles. The van der Waals surface area contributed by atoms with Gasteiger partial charge in [0.05, 0.1) is 28.9 Å². The maximum absolute atomic E-state index is 14.3. The van der Waals surface area contributed by atoms with Crippen LogP contribution in [0.2, 0.25) is 10.0 Å². The van der Waals surface area contributed by atoms with Crippen molar-refractivity contribution in [2.24, 2.45) is 11.3 Å². The van der Waals surface area contributed by atoms with Crippen molar-refractivity contribution >= 4 is 44.9 Å². The molecule has 200 valence electrons. The van der Waals surface area contributed by atoms with Crippen molar-refractivity contribution in [3.63, 3.8) is 0 Å². The summed E-state index contributed by atoms with van der Waals surface area (Å²) in [6.07, 6.45) is 1.59. The predicted molar refractivity (Wildman–Crippen MR) is 146 cm³/mol. The number of likely N-dealkylation sites (tertiary alicyclic amines) is 1. The van der Waals surface area contributed by atoms with E-state index >= 15 is 0 Å². The van der Waals surface area contributed by atoms with Crippen LogP contribution in [0.1, 0.15) is 69.5 Å². The molecule has 2 fully saturated rings. The third-order valence-corrected chi connectivity index (χ3v) is 10.5. The van der Waals surface area contributed by atoms with Crippen LogP contribution in [0.25, 0.3) is 0 Å². The van der Waals surface area contributed by atoms with E-state index in [0.29, 0.717) is 10.0 Å². The smallest absolute Gasteiger partial charge is 0.304 e. The molecule has 0 unspecified atom stereocenters. The normalized spacial score (nSPS) is 25.4. The summed E-state index contributed by atoms with van der Waals surface area (Å²) in [7, 11) is -3.49. The van der Waals surface area contributed by atoms with Crippen LogP contribution in [0.15, 0.2) is 48.5 Å². The van der Waals surface area contributed by atoms with E-state index in [-0.39, 0.29) is 36.3 Å². The van der Waals surface area contributed by atoms with Crippen molar-refractivity contribution in [3.8, 4) is 0 Å². The number of amides is 1. The lowest BCUT2D eigenvalue weighted by molar-refractivity contribution is -0.160. The van der Waals surface area contributed by atoms with Gasteiger partial charge in [-0.3, -0.25) is 9.59 Å². The predicted octanol–water partition coefficient (Wildman–Crippen LogP) is 6.13. The lowest BCUT2D eigenvalue weighted by Gasteiger charge is -2.52. The Morgan fingerprint density at radius 1 is 1.08 bits per heavy atom. The van der Waals surface area contributed by atoms with Crippen LogP contribution < -0.4 is 0 Å². The highest BCUT2D eigenvalue weighted by Gasteiger charge is 2.55. The molecule has 4 rings (SSSR count). The Morgan fingerprint density at radius 3 is 2.27 bits per heavy atom. The molecule has 4 atom stereocenters. The molecule has 2 aromatic carbocycles. The number of nitrogens with zero attached hydrogens (tertiary/aromatic N) is 1. The molecule has 1 saturated heterocycles. The molecule has 1 aliphatic carbocycles. The summed E-state index contributed by atoms with van der Waals surface area (Å²) < 4.78 is 26.4. The van der Waals surface area contributed by atoms with Gasteiger partial charge in [0, 0.05) is 22.0 Å². The Bertz CT molecular complexity index is 1280. The van der Waals surface area contributed by atoms with E-state index in [1.807, 2.05) is 30.3 Å². The van der Waals surface area contributed by atoms with Crippen LogP contribution in [0.5, 0.6) is 0 Å². The monoisotopic (exact) mass is 565 g/mol. The van der Waals surface area contributed by atoms with Gasteiger partial charge in [0.25, 0.3) is 0 Å². The number of carbonyl (C=O) groups excluding carboxylic acids is 1. The number of aliphatic carboxylic acids is 1. The number of hydrogen-bond acceptors (Lipinski definition) is 4. The zero-order valence-corrected chi connectivity index (χ0v) is 23.6. The van der Waals surface area contributed by atoms with E-state index in [0.717, 1.165) is 24.0 Å². The zero-order valence-electron chi connectivity index (χ0n) is 21.2. The molecule has 0 spiro atoms. The van der Waals surface area contributed by atoms with E-state index in [9.17, 15) is 23.1 Å². The summed E-state index contributed by atoms with van der Waals surface area (Å²) in [5.41, 5.74) is 0.492. The van der Waals surface area contributed by atoms with Gasteiger partial charge in [-0.2, -0.15) is 0 Å². The number of benzene rings is 2. The van der Waals surface area contributed by atoms with Crippen molar-refractivity contribution < 1.29 is 23.1 Å². The lowest BCUT2D eigenvalue weighted by Crippen LogP contribution is -2.58. The van der Waals surface area contributed by atoms with E-state index in [4.69, 9.17) is 23.2 Å². The lowest BCUT2D eigenvalue weighted by atomic mass is 9.67. The number of rotatable bonds is 9. The van der Waals surface area contributed by atoms with Gasteiger partial charge in [-0.25, -0.2) is 8.42 Å². The molecule has 0 bridgehead atoms. The van der Waals surface area contributed by atoms with Crippen LogP contribution in [-0.4, -0.2) is 47.3 Å². The molecule has 6 nitrogen and oxygen atoms in total. The van der Waals surface area contributed by atoms with Crippen LogP contribution in [0, 0.1) is 11.3 Å². The summed E-state index contributed by atoms with van der Waals surface area (Å²) in [5.74, 6) is -1.80. The van der Waals surface area contributed by atoms with Gasteiger partial charge >= 0.3 is 5.97 Å². The molecule has 9 heteroatoms. The molecule has 2 aliphatic rings. The van der Waals surface area contributed by atoms with Gasteiger partial charge in [-0.05, 0) is 74.4 Å². The van der Waals surface area contributed by atoms with Crippen molar-refractivity contribution in [3.05, 3.63) is 69.7 Å². The number of carboxylic acids is 1. The first-order chi connectivity index (χ1) is 17.3. The third kappa shape index (κ3) is 5.99. The minimum Gasteiger partial charge on any atom is -0.481 e. The minimum absolute atomic E-state index is 0.0412. The molecule has 1 amide bonds. The maximum Gasteiger partial charge on any atom is 0.304 e. The summed E-state index contributed by atoms with van der Waals surface area (Å²) in [5, 5.41) is 10.3. The van der Waals surface area contributed by atoms with Crippen LogP contribution in [-0.2, 0) is 19.4 Å². The average Bonchev–Trinajstić information content (AvgIpc) is 3.65. The quantitative estimate of drug-likeness (QED) is 0.394. The fraction of sp³-hybridized carbons (Fsp3) is 0.500. The zero-order chi connectivity index (χ0) is 27.1. The number of sulfone groups is 1. The topological polar surface area (TPSA) is 91.8 Å². The number of hydrogen-bond donors (Lipinski definition) is 1. The molecular weight excluding hydrogens is 533 g/mol. The second kappa shape index (κ2) is 10.6. The Labute approximate surface area is 228 Å². The van der Waals surface area contributed by atoms with E-state index in [2.05, 4.69) is 0 Å². The molecule has 0 radical (unpaired) electrons. The van der Waals surface area contributed by atoms with E-state index < -0.39 is 38.6 Å². The molecule has 1 N–H and O–H groups in total. The van der Waals surface area contributed by atoms with Gasteiger partial charge in [-0.1, -0.05) is 54.4 Å². The first-order valence-corrected chi connectivity index (χ1v) is 15.1. The van der Waals surface area contributed by atoms with Gasteiger partial charge < -0.3 is 10.0 Å². The number of carboxylic acid groups (broad SMARTS) is 1. The van der Waals surface area contributed by atoms with Crippen LogP contribution in [0.3, 0.4) is 0 Å². The van der Waals surface area contributed by atoms with E-state index in [1.54, 1.807) is 43.9 Å². The standard InChI is InChI=1S/C28H33Cl2NO5S/c1-17(2)37(35,36)16-24(18-7-8-18)31-26(19-9-11-21(29)12-10-19)23(20-5-4-6-22(30)13-20)14-28(3,27(31)34)15-25(32)33/h4-6,9-13,17-18,23-24,26H,7-8,14-16H2,1-3H3,(H,32,33)/t23-,24-,26-,28+/m1/s1. The van der Waals surface area contributed by atoms with Crippen LogP contribution >= 0.6 is 23.2 Å². The first kappa shape index (κ1) is 27.9. The Balaban J connectivity index is 1.93. The minimum atomic E-state index is -3.49. The molecule has 1 aliphatic heterocycles. The average molecular weight is 567 g/mol. The van der Waals surface area contributed by atoms with Crippen LogP contribution in [0.4, 0.5) is 0 Å². The van der Waals surface area contributed by atoms with E-state index in [1.165, 1.54) is 0 Å². The summed E-state index contributed by atoms with van der Waals surface area (Å²) in [6, 6.07) is 13.6. The Hall–Kier alpha value is -2.09. The molecule has 1 saturated carbocycles. The van der Waals surface area contributed by atoms with Crippen molar-refractivity contribution in [2.45, 2.75) is 69.7 Å². The third-order valence-electron chi connectivity index (χ3n) is 7.78. The molecule has 1 heterocycles. The summed E-state index contributed by atoms with van der Waals surface area (Å²) in [4.78, 5) is 28.0. The summed E-state index contributed by atoms with van der Waals surface area (Å²) >= 11 is 12.6. The molecule has 37 heavy (non-hydrogen) atoms. The fourth-order valence-electron chi connectivity index (χ4n) is 5.60. The number of carbonyl (C=O) groups is 2. The van der Waals surface area contributed by atoms with Crippen molar-refractivity contribution in [2.75, 3.05) is 5.75 Å². The van der Waals surface area contributed by atoms with Crippen molar-refractivity contribution in [1.29, 1.82) is 0 Å². The second-order valence-corrected chi connectivity index (χ2v) is 14.5. The molecular formula is C28H33Cl2NO5S. The van der Waals surface area contributed by atoms with Crippen molar-refractivity contribution in [1.82, 2.24) is 4.90 Å². The SMILES string of the molecule is CC(C)S(=O)(=O)C[C@H](C1CC1)N1C(=O)[C@](C)(CC(=O)O)C[C@H](c2cccc(Cl)c2)[C@H]1c1ccc(Cl)cc1. The highest BCUT2D eigenvalue weighted by atomic mass is 35.5. The Morgan fingerprint density at radius 2 is 1.73 bits per heavy atom. The summed E-state index contributed by atoms with van der Waals surface area (Å²) in [6.45, 7) is 4.99.